The van der Waals surface area contributed by atoms with Crippen LogP contribution in [0.15, 0.2) is 22.7 Å². The Balaban J connectivity index is 2.87. The topological polar surface area (TPSA) is 84.5 Å². The summed E-state index contributed by atoms with van der Waals surface area (Å²) in [6, 6.07) is 5.06. The highest BCUT2D eigenvalue weighted by Crippen LogP contribution is 2.23. The molecule has 2 N–H and O–H groups in total. The minimum Gasteiger partial charge on any atom is -0.452 e. The summed E-state index contributed by atoms with van der Waals surface area (Å²) in [5, 5.41) is 0. The van der Waals surface area contributed by atoms with Crippen LogP contribution in [0.3, 0.4) is 0 Å². The lowest BCUT2D eigenvalue weighted by molar-refractivity contribution is 0.177. The number of aryl methyl sites for hydroxylation is 1. The zero-order valence-electron chi connectivity index (χ0n) is 9.15. The first-order chi connectivity index (χ1) is 7.84. The molecule has 0 aliphatic rings. The van der Waals surface area contributed by atoms with Crippen LogP contribution in [-0.2, 0) is 14.9 Å². The Morgan fingerprint density at radius 2 is 2.06 bits per heavy atom. The number of anilines is 1. The minimum atomic E-state index is -3.99. The molecule has 1 aromatic rings. The van der Waals surface area contributed by atoms with Crippen LogP contribution < -0.4 is 9.44 Å². The van der Waals surface area contributed by atoms with Crippen molar-refractivity contribution in [2.75, 3.05) is 11.8 Å². The van der Waals surface area contributed by atoms with E-state index < -0.39 is 16.3 Å². The van der Waals surface area contributed by atoms with E-state index in [0.29, 0.717) is 10.2 Å². The van der Waals surface area contributed by atoms with E-state index in [2.05, 4.69) is 25.4 Å². The van der Waals surface area contributed by atoms with Gasteiger partial charge in [0.2, 0.25) is 0 Å². The van der Waals surface area contributed by atoms with E-state index in [-0.39, 0.29) is 0 Å². The fraction of sp³-hybridized carbons (Fsp3) is 0.222. The van der Waals surface area contributed by atoms with Crippen molar-refractivity contribution in [3.05, 3.63) is 28.2 Å². The molecule has 0 saturated carbocycles. The van der Waals surface area contributed by atoms with Crippen LogP contribution >= 0.6 is 15.9 Å². The van der Waals surface area contributed by atoms with Gasteiger partial charge in [0, 0.05) is 4.47 Å². The molecule has 0 aromatic heterocycles. The van der Waals surface area contributed by atoms with Gasteiger partial charge in [-0.15, -0.1) is 0 Å². The summed E-state index contributed by atoms with van der Waals surface area (Å²) in [6.45, 7) is 1.87. The van der Waals surface area contributed by atoms with Gasteiger partial charge in [-0.05, 0) is 40.5 Å². The van der Waals surface area contributed by atoms with E-state index in [1.807, 2.05) is 6.92 Å². The number of methoxy groups -OCH3 is 1. The number of carbonyl (C=O) groups is 1. The van der Waals surface area contributed by atoms with E-state index in [9.17, 15) is 13.2 Å². The maximum absolute atomic E-state index is 11.5. The fourth-order valence-corrected chi connectivity index (χ4v) is 2.57. The largest absolute Gasteiger partial charge is 0.452 e. The molecule has 0 spiro atoms. The Hall–Kier alpha value is -1.28. The molecule has 0 atom stereocenters. The van der Waals surface area contributed by atoms with Crippen LogP contribution in [0, 0.1) is 6.92 Å². The third kappa shape index (κ3) is 4.23. The first kappa shape index (κ1) is 13.8. The van der Waals surface area contributed by atoms with Gasteiger partial charge < -0.3 is 4.74 Å². The van der Waals surface area contributed by atoms with Crippen LogP contribution in [0.5, 0.6) is 0 Å². The molecule has 0 aliphatic carbocycles. The number of amides is 1. The van der Waals surface area contributed by atoms with E-state index >= 15 is 0 Å². The first-order valence-corrected chi connectivity index (χ1v) is 6.76. The third-order valence-electron chi connectivity index (χ3n) is 1.77. The average molecular weight is 323 g/mol. The van der Waals surface area contributed by atoms with E-state index in [1.54, 1.807) is 22.9 Å². The quantitative estimate of drug-likeness (QED) is 0.888. The highest BCUT2D eigenvalue weighted by atomic mass is 79.9. The molecule has 0 aliphatic heterocycles. The normalized spacial score (nSPS) is 10.8. The van der Waals surface area contributed by atoms with Crippen LogP contribution in [0.25, 0.3) is 0 Å². The van der Waals surface area contributed by atoms with Crippen molar-refractivity contribution in [3.63, 3.8) is 0 Å². The lowest BCUT2D eigenvalue weighted by atomic mass is 10.2. The summed E-state index contributed by atoms with van der Waals surface area (Å²) in [5.74, 6) is 0. The second-order valence-corrected chi connectivity index (χ2v) is 5.45. The van der Waals surface area contributed by atoms with Crippen LogP contribution in [0.1, 0.15) is 5.56 Å². The van der Waals surface area contributed by atoms with Gasteiger partial charge >= 0.3 is 16.3 Å². The molecule has 1 aromatic carbocycles. The molecule has 0 heterocycles. The lowest BCUT2D eigenvalue weighted by Gasteiger charge is -2.10. The number of hydrogen-bond acceptors (Lipinski definition) is 4. The van der Waals surface area contributed by atoms with E-state index in [4.69, 9.17) is 0 Å². The second kappa shape index (κ2) is 5.37. The van der Waals surface area contributed by atoms with Gasteiger partial charge in [0.1, 0.15) is 0 Å². The van der Waals surface area contributed by atoms with Crippen molar-refractivity contribution in [2.45, 2.75) is 6.92 Å². The van der Waals surface area contributed by atoms with Crippen molar-refractivity contribution < 1.29 is 17.9 Å². The molecular formula is C9H11BrN2O4S. The van der Waals surface area contributed by atoms with Gasteiger partial charge in [-0.2, -0.15) is 8.42 Å². The number of nitrogens with one attached hydrogen (secondary N) is 2. The predicted molar refractivity (Wildman–Crippen MR) is 67.0 cm³/mol. The zero-order chi connectivity index (χ0) is 13.1. The lowest BCUT2D eigenvalue weighted by Crippen LogP contribution is -2.35. The predicted octanol–water partition coefficient (Wildman–Crippen LogP) is 1.77. The van der Waals surface area contributed by atoms with Gasteiger partial charge in [-0.25, -0.2) is 9.52 Å². The minimum absolute atomic E-state index is 0.326. The Labute approximate surface area is 108 Å². The number of carbonyl (C=O) groups excluding carboxylic acids is 1. The Bertz CT molecular complexity index is 530. The van der Waals surface area contributed by atoms with Crippen molar-refractivity contribution in [1.29, 1.82) is 0 Å². The summed E-state index contributed by atoms with van der Waals surface area (Å²) >= 11 is 3.21. The van der Waals surface area contributed by atoms with Crippen LogP contribution in [0.2, 0.25) is 0 Å². The molecule has 94 valence electrons. The molecule has 0 fully saturated rings. The van der Waals surface area contributed by atoms with E-state index in [1.165, 1.54) is 0 Å². The van der Waals surface area contributed by atoms with Crippen LogP contribution in [-0.4, -0.2) is 21.6 Å². The van der Waals surface area contributed by atoms with E-state index in [0.717, 1.165) is 12.7 Å². The number of ether oxygens (including phenoxy) is 1. The number of rotatable bonds is 3. The highest BCUT2D eigenvalue weighted by Gasteiger charge is 2.15. The Kier molecular flexibility index (Phi) is 4.35. The van der Waals surface area contributed by atoms with Crippen molar-refractivity contribution in [3.8, 4) is 0 Å². The summed E-state index contributed by atoms with van der Waals surface area (Å²) in [6.07, 6.45) is -1.05. The monoisotopic (exact) mass is 322 g/mol. The van der Waals surface area contributed by atoms with Gasteiger partial charge in [0.25, 0.3) is 0 Å². The molecule has 0 bridgehead atoms. The summed E-state index contributed by atoms with van der Waals surface area (Å²) in [5.41, 5.74) is 1.30. The van der Waals surface area contributed by atoms with Gasteiger partial charge in [-0.3, -0.25) is 4.72 Å². The maximum atomic E-state index is 11.5. The second-order valence-electron chi connectivity index (χ2n) is 3.18. The summed E-state index contributed by atoms with van der Waals surface area (Å²) < 4.78 is 31.6. The van der Waals surface area contributed by atoms with Crippen LogP contribution in [0.4, 0.5) is 10.5 Å². The molecule has 1 rings (SSSR count). The Morgan fingerprint density at radius 3 is 2.59 bits per heavy atom. The number of halogens is 1. The van der Waals surface area contributed by atoms with Gasteiger partial charge in [-0.1, -0.05) is 6.07 Å². The average Bonchev–Trinajstić information content (AvgIpc) is 2.21. The Morgan fingerprint density at radius 1 is 1.41 bits per heavy atom. The first-order valence-electron chi connectivity index (χ1n) is 4.49. The molecule has 0 saturated heterocycles. The summed E-state index contributed by atoms with van der Waals surface area (Å²) in [7, 11) is -2.91. The molecule has 8 heteroatoms. The fourth-order valence-electron chi connectivity index (χ4n) is 1.02. The van der Waals surface area contributed by atoms with Crippen molar-refractivity contribution in [2.24, 2.45) is 0 Å². The molecule has 17 heavy (non-hydrogen) atoms. The molecule has 1 amide bonds. The molecular weight excluding hydrogens is 312 g/mol. The van der Waals surface area contributed by atoms with Gasteiger partial charge in [0.05, 0.1) is 12.8 Å². The van der Waals surface area contributed by atoms with Gasteiger partial charge in [0.15, 0.2) is 0 Å². The SMILES string of the molecule is COC(=O)NS(=O)(=O)Nc1ccc(C)cc1Br. The zero-order valence-corrected chi connectivity index (χ0v) is 11.6. The third-order valence-corrected chi connectivity index (χ3v) is 3.35. The summed E-state index contributed by atoms with van der Waals surface area (Å²) in [4.78, 5) is 10.8. The maximum Gasteiger partial charge on any atom is 0.422 e. The van der Waals surface area contributed by atoms with Crippen molar-refractivity contribution in [1.82, 2.24) is 4.72 Å². The molecule has 0 unspecified atom stereocenters. The number of hydrogen-bond donors (Lipinski definition) is 2. The molecule has 0 radical (unpaired) electrons. The molecule has 6 nitrogen and oxygen atoms in total. The highest BCUT2D eigenvalue weighted by molar-refractivity contribution is 9.10. The standard InChI is InChI=1S/C9H11BrN2O4S/c1-6-3-4-8(7(10)5-6)11-17(14,15)12-9(13)16-2/h3-5,11H,1-2H3,(H,12,13). The van der Waals surface area contributed by atoms with Crippen molar-refractivity contribution >= 4 is 37.9 Å². The number of benzene rings is 1. The smallest absolute Gasteiger partial charge is 0.422 e.